The Balaban J connectivity index is 1.56. The number of aliphatic hydroxyl groups is 6. The van der Waals surface area contributed by atoms with Crippen molar-refractivity contribution >= 4 is 31.8 Å². The molecule has 1 aromatic heterocycles. The molecule has 2 fully saturated rings. The van der Waals surface area contributed by atoms with Crippen molar-refractivity contribution in [2.24, 2.45) is 0 Å². The average molecular weight is 771 g/mol. The van der Waals surface area contributed by atoms with Crippen LogP contribution < -0.4 is 14.3 Å². The second kappa shape index (κ2) is 14.3. The van der Waals surface area contributed by atoms with Crippen LogP contribution in [-0.4, -0.2) is 135 Å². The number of benzene rings is 2. The van der Waals surface area contributed by atoms with Crippen molar-refractivity contribution in [1.82, 2.24) is 0 Å². The topological polar surface area (TPSA) is 356 Å². The SMILES string of the molecule is C[C@@H]1O[C@@H](OC[C@H]2O[C@@H](Oc3c(-c4ccc(O)c(O)c4)oc4cc(O)cc(OS(=O)(=O)OS(=O)(=O)O)c4c3=O)[C@H](O)[C@@H](O)[C@@H]2O)[C@H](O)[C@H](O)[C@H]1O. The lowest BCUT2D eigenvalue weighted by Crippen LogP contribution is -2.61. The number of ether oxygens (including phenoxy) is 4. The first-order valence-electron chi connectivity index (χ1n) is 14.3. The summed E-state index contributed by atoms with van der Waals surface area (Å²) < 4.78 is 90.8. The van der Waals surface area contributed by atoms with E-state index < -0.39 is 140 Å². The highest BCUT2D eigenvalue weighted by atomic mass is 32.3. The molecule has 0 amide bonds. The highest BCUT2D eigenvalue weighted by molar-refractivity contribution is 7.95. The van der Waals surface area contributed by atoms with Gasteiger partial charge >= 0.3 is 20.8 Å². The first kappa shape index (κ1) is 38.3. The van der Waals surface area contributed by atoms with Gasteiger partial charge < -0.3 is 73.5 Å². The van der Waals surface area contributed by atoms with Gasteiger partial charge in [-0.1, -0.05) is 3.63 Å². The summed E-state index contributed by atoms with van der Waals surface area (Å²) in [4.78, 5) is 14.0. The summed E-state index contributed by atoms with van der Waals surface area (Å²) in [5.41, 5.74) is -2.32. The summed E-state index contributed by atoms with van der Waals surface area (Å²) in [6.07, 6.45) is -17.5. The van der Waals surface area contributed by atoms with Crippen LogP contribution in [0.1, 0.15) is 6.92 Å². The fourth-order valence-electron chi connectivity index (χ4n) is 5.12. The minimum Gasteiger partial charge on any atom is -0.508 e. The van der Waals surface area contributed by atoms with Crippen LogP contribution in [0.25, 0.3) is 22.3 Å². The zero-order valence-electron chi connectivity index (χ0n) is 25.6. The molecule has 0 aliphatic carbocycles. The van der Waals surface area contributed by atoms with E-state index >= 15 is 0 Å². The fraction of sp³-hybridized carbons (Fsp3) is 0.444. The Kier molecular flexibility index (Phi) is 10.7. The Morgan fingerprint density at radius 1 is 0.784 bits per heavy atom. The quantitative estimate of drug-likeness (QED) is 0.0727. The molecule has 24 heteroatoms. The zero-order chi connectivity index (χ0) is 37.7. The molecule has 2 saturated heterocycles. The number of aromatic hydroxyl groups is 3. The maximum atomic E-state index is 14.0. The molecule has 282 valence electrons. The predicted molar refractivity (Wildman–Crippen MR) is 161 cm³/mol. The molecule has 2 aliphatic rings. The van der Waals surface area contributed by atoms with Crippen molar-refractivity contribution in [1.29, 1.82) is 0 Å². The van der Waals surface area contributed by atoms with Gasteiger partial charge in [-0.15, -0.1) is 0 Å². The third-order valence-electron chi connectivity index (χ3n) is 7.64. The Labute approximate surface area is 285 Å². The third-order valence-corrected chi connectivity index (χ3v) is 9.37. The van der Waals surface area contributed by atoms with Gasteiger partial charge in [0.15, 0.2) is 29.3 Å². The molecular formula is C27H30O22S2. The second-order valence-electron chi connectivity index (χ2n) is 11.2. The minimum atomic E-state index is -5.72. The van der Waals surface area contributed by atoms with E-state index in [1.54, 1.807) is 0 Å². The van der Waals surface area contributed by atoms with Crippen LogP contribution in [0.3, 0.4) is 0 Å². The first-order chi connectivity index (χ1) is 23.7. The highest BCUT2D eigenvalue weighted by Crippen LogP contribution is 2.40. The third kappa shape index (κ3) is 8.12. The molecule has 0 saturated carbocycles. The largest absolute Gasteiger partial charge is 0.508 e. The molecule has 2 aromatic carbocycles. The Morgan fingerprint density at radius 2 is 1.43 bits per heavy atom. The Bertz CT molecular complexity index is 2050. The molecule has 3 heterocycles. The minimum absolute atomic E-state index is 0.239. The Hall–Kier alpha value is -3.89. The summed E-state index contributed by atoms with van der Waals surface area (Å²) in [5.74, 6) is -5.01. The smallest absolute Gasteiger partial charge is 0.465 e. The standard InChI is InChI=1S/C27H30O22S2/c1-8-17(31)20(34)22(36)26(44-8)43-7-15-18(32)21(35)23(37)27(46-15)47-25-19(33)16-13(45-24(25)9-2-3-11(29)12(30)4-9)5-10(28)6-14(16)48-51(41,42)49-50(38,39)40/h2-6,8,15,17-18,20-23,26-32,34-37H,7H2,1H3,(H,38,39,40)/t8-,15+,17-,18+,20+,21-,22+,23+,26+,27-/m0/s1. The van der Waals surface area contributed by atoms with Crippen LogP contribution in [0.5, 0.6) is 28.7 Å². The molecule has 0 radical (unpaired) electrons. The van der Waals surface area contributed by atoms with Gasteiger partial charge in [-0.3, -0.25) is 9.35 Å². The average Bonchev–Trinajstić information content (AvgIpc) is 3.02. The van der Waals surface area contributed by atoms with Crippen LogP contribution in [0, 0.1) is 0 Å². The molecule has 3 aromatic rings. The van der Waals surface area contributed by atoms with Crippen LogP contribution >= 0.6 is 0 Å². The lowest BCUT2D eigenvalue weighted by molar-refractivity contribution is -0.318. The van der Waals surface area contributed by atoms with Gasteiger partial charge in [-0.25, -0.2) is 0 Å². The van der Waals surface area contributed by atoms with Crippen molar-refractivity contribution in [3.63, 3.8) is 0 Å². The highest BCUT2D eigenvalue weighted by Gasteiger charge is 2.48. The summed E-state index contributed by atoms with van der Waals surface area (Å²) in [6.45, 7) is 0.622. The van der Waals surface area contributed by atoms with E-state index in [1.807, 2.05) is 0 Å². The van der Waals surface area contributed by atoms with Gasteiger partial charge in [0, 0.05) is 17.7 Å². The maximum absolute atomic E-state index is 14.0. The number of phenols is 3. The van der Waals surface area contributed by atoms with Crippen LogP contribution in [0.15, 0.2) is 39.5 Å². The molecule has 2 aliphatic heterocycles. The van der Waals surface area contributed by atoms with E-state index in [0.29, 0.717) is 6.07 Å². The van der Waals surface area contributed by atoms with Gasteiger partial charge in [0.25, 0.3) is 0 Å². The summed E-state index contributed by atoms with van der Waals surface area (Å²) >= 11 is 0. The number of hydrogen-bond acceptors (Lipinski definition) is 21. The molecular weight excluding hydrogens is 740 g/mol. The fourth-order valence-corrected chi connectivity index (χ4v) is 6.42. The zero-order valence-corrected chi connectivity index (χ0v) is 27.2. The van der Waals surface area contributed by atoms with E-state index in [-0.39, 0.29) is 5.56 Å². The molecule has 51 heavy (non-hydrogen) atoms. The summed E-state index contributed by atoms with van der Waals surface area (Å²) in [5, 5.41) is 91.5. The number of fused-ring (bicyclic) bond motifs is 1. The summed E-state index contributed by atoms with van der Waals surface area (Å²) in [7, 11) is -11.4. The molecule has 0 bridgehead atoms. The lowest BCUT2D eigenvalue weighted by Gasteiger charge is -2.42. The van der Waals surface area contributed by atoms with Crippen molar-refractivity contribution in [2.45, 2.75) is 68.3 Å². The molecule has 10 N–H and O–H groups in total. The normalized spacial score (nSPS) is 30.3. The van der Waals surface area contributed by atoms with Gasteiger partial charge in [0.05, 0.1) is 12.7 Å². The van der Waals surface area contributed by atoms with E-state index in [1.165, 1.54) is 6.92 Å². The van der Waals surface area contributed by atoms with E-state index in [4.69, 9.17) is 27.9 Å². The van der Waals surface area contributed by atoms with Crippen molar-refractivity contribution < 1.29 is 98.5 Å². The van der Waals surface area contributed by atoms with E-state index in [2.05, 4.69) is 7.81 Å². The van der Waals surface area contributed by atoms with Gasteiger partial charge in [0.2, 0.25) is 17.5 Å². The van der Waals surface area contributed by atoms with Crippen molar-refractivity contribution in [3.05, 3.63) is 40.6 Å². The molecule has 0 unspecified atom stereocenters. The summed E-state index contributed by atoms with van der Waals surface area (Å²) in [6, 6.07) is 4.17. The first-order valence-corrected chi connectivity index (χ1v) is 17.0. The van der Waals surface area contributed by atoms with Crippen molar-refractivity contribution in [3.8, 4) is 40.1 Å². The number of hydrogen-bond donors (Lipinski definition) is 10. The second-order valence-corrected chi connectivity index (χ2v) is 13.6. The Morgan fingerprint density at radius 3 is 2.08 bits per heavy atom. The maximum Gasteiger partial charge on any atom is 0.465 e. The predicted octanol–water partition coefficient (Wildman–Crippen LogP) is -2.95. The number of aliphatic hydroxyl groups excluding tert-OH is 6. The van der Waals surface area contributed by atoms with Gasteiger partial charge in [0.1, 0.15) is 59.4 Å². The number of phenolic OH excluding ortho intramolecular Hbond substituents is 3. The van der Waals surface area contributed by atoms with Gasteiger partial charge in [-0.05, 0) is 25.1 Å². The van der Waals surface area contributed by atoms with E-state index in [9.17, 15) is 67.6 Å². The van der Waals surface area contributed by atoms with Crippen LogP contribution in [0.4, 0.5) is 0 Å². The van der Waals surface area contributed by atoms with E-state index in [0.717, 1.165) is 24.3 Å². The molecule has 10 atom stereocenters. The molecule has 0 spiro atoms. The monoisotopic (exact) mass is 770 g/mol. The number of rotatable bonds is 10. The van der Waals surface area contributed by atoms with Crippen LogP contribution in [-0.2, 0) is 38.6 Å². The lowest BCUT2D eigenvalue weighted by atomic mass is 9.98. The van der Waals surface area contributed by atoms with Crippen molar-refractivity contribution in [2.75, 3.05) is 6.61 Å². The van der Waals surface area contributed by atoms with Crippen LogP contribution in [0.2, 0.25) is 0 Å². The molecule has 5 rings (SSSR count). The van der Waals surface area contributed by atoms with Gasteiger partial charge in [-0.2, -0.15) is 16.8 Å². The molecule has 22 nitrogen and oxygen atoms in total.